The fourth-order valence-corrected chi connectivity index (χ4v) is 4.46. The lowest BCUT2D eigenvalue weighted by Crippen LogP contribution is -2.58. The van der Waals surface area contributed by atoms with E-state index in [2.05, 4.69) is 36.2 Å². The van der Waals surface area contributed by atoms with E-state index in [0.29, 0.717) is 16.6 Å². The predicted octanol–water partition coefficient (Wildman–Crippen LogP) is 4.63. The molecule has 25 heavy (non-hydrogen) atoms. The summed E-state index contributed by atoms with van der Waals surface area (Å²) in [6.07, 6.45) is 4.01. The van der Waals surface area contributed by atoms with Gasteiger partial charge in [-0.25, -0.2) is 0 Å². The average molecular weight is 373 g/mol. The Morgan fingerprint density at radius 2 is 1.92 bits per heavy atom. The van der Waals surface area contributed by atoms with Gasteiger partial charge in [-0.15, -0.1) is 0 Å². The summed E-state index contributed by atoms with van der Waals surface area (Å²) in [7, 11) is 0. The second-order valence-corrected chi connectivity index (χ2v) is 7.89. The van der Waals surface area contributed by atoms with Crippen LogP contribution in [-0.2, 0) is 10.2 Å². The molecule has 0 saturated carbocycles. The molecule has 2 aromatic carbocycles. The van der Waals surface area contributed by atoms with Crippen molar-refractivity contribution in [3.63, 3.8) is 0 Å². The molecule has 5 heteroatoms. The summed E-state index contributed by atoms with van der Waals surface area (Å²) >= 11 is 12.3. The van der Waals surface area contributed by atoms with Crippen LogP contribution in [0, 0.1) is 0 Å². The summed E-state index contributed by atoms with van der Waals surface area (Å²) in [5.41, 5.74) is 2.29. The summed E-state index contributed by atoms with van der Waals surface area (Å²) in [6.45, 7) is 4.66. The first-order valence-corrected chi connectivity index (χ1v) is 8.93. The first-order chi connectivity index (χ1) is 11.8. The number of nitrogens with one attached hydrogen (secondary N) is 1. The number of para-hydroxylation sites is 1. The Kier molecular flexibility index (Phi) is 3.64. The highest BCUT2D eigenvalue weighted by atomic mass is 35.5. The van der Waals surface area contributed by atoms with Crippen molar-refractivity contribution in [2.45, 2.75) is 24.9 Å². The number of hydrogen-bond donors (Lipinski definition) is 1. The summed E-state index contributed by atoms with van der Waals surface area (Å²) < 4.78 is 0. The Hall–Kier alpha value is -1.97. The predicted molar refractivity (Wildman–Crippen MR) is 103 cm³/mol. The quantitative estimate of drug-likeness (QED) is 0.833. The Bertz CT molecular complexity index is 906. The van der Waals surface area contributed by atoms with E-state index in [-0.39, 0.29) is 11.3 Å². The van der Waals surface area contributed by atoms with Crippen LogP contribution < -0.4 is 10.2 Å². The van der Waals surface area contributed by atoms with Crippen molar-refractivity contribution in [2.75, 3.05) is 11.4 Å². The second-order valence-electron chi connectivity index (χ2n) is 7.04. The van der Waals surface area contributed by atoms with Crippen LogP contribution in [0.15, 0.2) is 48.5 Å². The molecule has 0 aromatic heterocycles. The number of rotatable bonds is 2. The number of amides is 1. The van der Waals surface area contributed by atoms with Gasteiger partial charge in [0.2, 0.25) is 5.91 Å². The van der Waals surface area contributed by atoms with Crippen LogP contribution in [-0.4, -0.2) is 18.1 Å². The Morgan fingerprint density at radius 1 is 1.16 bits per heavy atom. The molecule has 1 N–H and O–H groups in total. The monoisotopic (exact) mass is 372 g/mol. The van der Waals surface area contributed by atoms with Crippen LogP contribution in [0.25, 0.3) is 6.08 Å². The molecule has 2 aromatic rings. The number of anilines is 1. The number of hydrogen-bond acceptors (Lipinski definition) is 2. The highest BCUT2D eigenvalue weighted by molar-refractivity contribution is 6.35. The highest BCUT2D eigenvalue weighted by Gasteiger charge is 2.59. The molecule has 2 aliphatic heterocycles. The minimum Gasteiger partial charge on any atom is -0.335 e. The largest absolute Gasteiger partial charge is 0.335 e. The van der Waals surface area contributed by atoms with Crippen molar-refractivity contribution in [2.24, 2.45) is 0 Å². The first-order valence-electron chi connectivity index (χ1n) is 8.18. The normalized spacial score (nSPS) is 23.7. The smallest absolute Gasteiger partial charge is 0.241 e. The fraction of sp³-hybridized carbons (Fsp3) is 0.250. The lowest BCUT2D eigenvalue weighted by molar-refractivity contribution is -0.118. The van der Waals surface area contributed by atoms with Gasteiger partial charge >= 0.3 is 0 Å². The van der Waals surface area contributed by atoms with Gasteiger partial charge in [-0.1, -0.05) is 67.4 Å². The van der Waals surface area contributed by atoms with E-state index in [1.54, 1.807) is 6.07 Å². The lowest BCUT2D eigenvalue weighted by Gasteiger charge is -2.40. The van der Waals surface area contributed by atoms with Crippen molar-refractivity contribution >= 4 is 40.9 Å². The van der Waals surface area contributed by atoms with E-state index in [1.165, 1.54) is 5.56 Å². The van der Waals surface area contributed by atoms with Gasteiger partial charge in [0.05, 0.1) is 6.54 Å². The molecular weight excluding hydrogens is 355 g/mol. The van der Waals surface area contributed by atoms with Crippen molar-refractivity contribution in [1.29, 1.82) is 0 Å². The van der Waals surface area contributed by atoms with E-state index in [9.17, 15) is 4.79 Å². The zero-order chi connectivity index (χ0) is 17.8. The second kappa shape index (κ2) is 5.52. The summed E-state index contributed by atoms with van der Waals surface area (Å²) in [6, 6.07) is 13.7. The molecule has 3 nitrogen and oxygen atoms in total. The lowest BCUT2D eigenvalue weighted by atomic mass is 9.75. The van der Waals surface area contributed by atoms with Crippen molar-refractivity contribution in [3.05, 3.63) is 69.7 Å². The van der Waals surface area contributed by atoms with E-state index in [4.69, 9.17) is 23.2 Å². The average Bonchev–Trinajstić information content (AvgIpc) is 2.99. The number of carbonyl (C=O) groups excluding carboxylic acids is 1. The van der Waals surface area contributed by atoms with E-state index in [0.717, 1.165) is 11.3 Å². The topological polar surface area (TPSA) is 32.3 Å². The van der Waals surface area contributed by atoms with Crippen LogP contribution >= 0.6 is 23.2 Å². The maximum Gasteiger partial charge on any atom is 0.241 e. The highest BCUT2D eigenvalue weighted by Crippen LogP contribution is 2.52. The van der Waals surface area contributed by atoms with Gasteiger partial charge in [0.15, 0.2) is 0 Å². The molecule has 128 valence electrons. The molecule has 0 bridgehead atoms. The van der Waals surface area contributed by atoms with Gasteiger partial charge in [0.25, 0.3) is 0 Å². The zero-order valence-corrected chi connectivity index (χ0v) is 15.5. The third kappa shape index (κ3) is 2.30. The summed E-state index contributed by atoms with van der Waals surface area (Å²) in [5, 5.41) is 4.39. The molecule has 1 fully saturated rings. The van der Waals surface area contributed by atoms with Gasteiger partial charge < -0.3 is 10.2 Å². The van der Waals surface area contributed by atoms with Crippen molar-refractivity contribution in [1.82, 2.24) is 5.32 Å². The molecule has 0 radical (unpaired) electrons. The molecule has 0 spiro atoms. The molecule has 1 saturated heterocycles. The van der Waals surface area contributed by atoms with Gasteiger partial charge in [-0.05, 0) is 35.4 Å². The minimum atomic E-state index is -0.614. The maximum atomic E-state index is 12.3. The molecule has 0 aliphatic carbocycles. The number of carbonyl (C=O) groups is 1. The van der Waals surface area contributed by atoms with E-state index < -0.39 is 5.66 Å². The van der Waals surface area contributed by atoms with Gasteiger partial charge in [-0.2, -0.15) is 0 Å². The SMILES string of the molecule is CC1(C)c2ccccc2N2CC(=O)NC21C=Cc1ccc(Cl)cc1Cl. The first kappa shape index (κ1) is 16.5. The van der Waals surface area contributed by atoms with Gasteiger partial charge in [0.1, 0.15) is 5.66 Å². The molecule has 1 atom stereocenters. The van der Waals surface area contributed by atoms with Crippen LogP contribution in [0.5, 0.6) is 0 Å². The Morgan fingerprint density at radius 3 is 2.68 bits per heavy atom. The van der Waals surface area contributed by atoms with Crippen molar-refractivity contribution in [3.8, 4) is 0 Å². The molecule has 2 aliphatic rings. The number of fused-ring (bicyclic) bond motifs is 3. The number of halogens is 2. The maximum absolute atomic E-state index is 12.3. The molecular formula is C20H18Cl2N2O. The number of nitrogens with zero attached hydrogens (tertiary/aromatic N) is 1. The number of benzene rings is 2. The van der Waals surface area contributed by atoms with Crippen LogP contribution in [0.2, 0.25) is 10.0 Å². The summed E-state index contributed by atoms with van der Waals surface area (Å²) in [5.74, 6) is 0.0226. The fourth-order valence-electron chi connectivity index (χ4n) is 3.99. The zero-order valence-electron chi connectivity index (χ0n) is 14.0. The van der Waals surface area contributed by atoms with Crippen LogP contribution in [0.3, 0.4) is 0 Å². The molecule has 2 heterocycles. The molecule has 4 rings (SSSR count). The third-order valence-corrected chi connectivity index (χ3v) is 5.91. The van der Waals surface area contributed by atoms with E-state index >= 15 is 0 Å². The standard InChI is InChI=1S/C20H18Cl2N2O/c1-19(2)15-5-3-4-6-17(15)24-12-18(25)23-20(19,24)10-9-13-7-8-14(21)11-16(13)22/h3-11H,12H2,1-2H3,(H,23,25). The van der Waals surface area contributed by atoms with Gasteiger partial charge in [0, 0.05) is 21.1 Å². The van der Waals surface area contributed by atoms with Gasteiger partial charge in [-0.3, -0.25) is 4.79 Å². The minimum absolute atomic E-state index is 0.0226. The molecule has 1 amide bonds. The van der Waals surface area contributed by atoms with Crippen LogP contribution in [0.1, 0.15) is 25.0 Å². The van der Waals surface area contributed by atoms with E-state index in [1.807, 2.05) is 36.4 Å². The molecule has 1 unspecified atom stereocenters. The van der Waals surface area contributed by atoms with Crippen LogP contribution in [0.4, 0.5) is 5.69 Å². The Balaban J connectivity index is 1.84. The van der Waals surface area contributed by atoms with Crippen molar-refractivity contribution < 1.29 is 4.79 Å². The summed E-state index contributed by atoms with van der Waals surface area (Å²) in [4.78, 5) is 14.4. The Labute approximate surface area is 157 Å². The third-order valence-electron chi connectivity index (χ3n) is 5.35.